The Hall–Kier alpha value is -2.14. The summed E-state index contributed by atoms with van der Waals surface area (Å²) in [6.07, 6.45) is 8.40. The van der Waals surface area contributed by atoms with Crippen molar-refractivity contribution in [3.05, 3.63) is 53.7 Å². The lowest BCUT2D eigenvalue weighted by molar-refractivity contribution is -0.134. The number of carbonyl (C=O) groups is 1. The Kier molecular flexibility index (Phi) is 5.87. The average molecular weight is 367 g/mol. The van der Waals surface area contributed by atoms with Gasteiger partial charge in [-0.1, -0.05) is 36.8 Å². The number of aromatic nitrogens is 1. The SMILES string of the molecule is O=C(CN1CCCCC1)N1CCC[C@@H](c2ncc(Cc3ccccc3)o2)C1. The van der Waals surface area contributed by atoms with Crippen molar-refractivity contribution in [1.29, 1.82) is 0 Å². The minimum absolute atomic E-state index is 0.216. The molecule has 27 heavy (non-hydrogen) atoms. The van der Waals surface area contributed by atoms with E-state index in [4.69, 9.17) is 4.42 Å². The van der Waals surface area contributed by atoms with Crippen molar-refractivity contribution in [2.45, 2.75) is 44.4 Å². The first kappa shape index (κ1) is 18.2. The van der Waals surface area contributed by atoms with Gasteiger partial charge >= 0.3 is 0 Å². The first-order chi connectivity index (χ1) is 13.3. The Morgan fingerprint density at radius 3 is 2.70 bits per heavy atom. The molecule has 2 fully saturated rings. The fourth-order valence-corrected chi connectivity index (χ4v) is 4.20. The Bertz CT molecular complexity index is 737. The standard InChI is InChI=1S/C22H29N3O2/c26-21(17-24-11-5-2-6-12-24)25-13-7-10-19(16-25)22-23-15-20(27-22)14-18-8-3-1-4-9-18/h1,3-4,8-9,15,19H,2,5-7,10-14,16-17H2/t19-/m1/s1. The van der Waals surface area contributed by atoms with Gasteiger partial charge in [-0.3, -0.25) is 9.69 Å². The van der Waals surface area contributed by atoms with E-state index in [9.17, 15) is 4.79 Å². The number of amides is 1. The van der Waals surface area contributed by atoms with Crippen LogP contribution in [0.25, 0.3) is 0 Å². The van der Waals surface area contributed by atoms with E-state index in [1.54, 1.807) is 0 Å². The highest BCUT2D eigenvalue weighted by atomic mass is 16.4. The van der Waals surface area contributed by atoms with E-state index in [-0.39, 0.29) is 11.8 Å². The lowest BCUT2D eigenvalue weighted by atomic mass is 9.98. The summed E-state index contributed by atoms with van der Waals surface area (Å²) in [5.74, 6) is 2.16. The van der Waals surface area contributed by atoms with Crippen LogP contribution in [0, 0.1) is 0 Å². The highest BCUT2D eigenvalue weighted by Crippen LogP contribution is 2.27. The molecule has 0 spiro atoms. The number of piperidine rings is 2. The summed E-state index contributed by atoms with van der Waals surface area (Å²) in [6, 6.07) is 10.3. The van der Waals surface area contributed by atoms with E-state index in [0.29, 0.717) is 6.54 Å². The van der Waals surface area contributed by atoms with Crippen molar-refractivity contribution in [2.24, 2.45) is 0 Å². The molecule has 1 atom stereocenters. The van der Waals surface area contributed by atoms with Gasteiger partial charge < -0.3 is 9.32 Å². The highest BCUT2D eigenvalue weighted by molar-refractivity contribution is 5.78. The molecular weight excluding hydrogens is 338 g/mol. The van der Waals surface area contributed by atoms with Crippen LogP contribution in [0.5, 0.6) is 0 Å². The lowest BCUT2D eigenvalue weighted by Gasteiger charge is -2.34. The third kappa shape index (κ3) is 4.78. The van der Waals surface area contributed by atoms with Crippen LogP contribution < -0.4 is 0 Å². The normalized spacial score (nSPS) is 21.3. The quantitative estimate of drug-likeness (QED) is 0.812. The molecule has 2 aliphatic heterocycles. The Morgan fingerprint density at radius 2 is 1.89 bits per heavy atom. The molecule has 0 aliphatic carbocycles. The fraction of sp³-hybridized carbons (Fsp3) is 0.545. The topological polar surface area (TPSA) is 49.6 Å². The van der Waals surface area contributed by atoms with E-state index in [1.165, 1.54) is 24.8 Å². The van der Waals surface area contributed by atoms with Gasteiger partial charge in [-0.15, -0.1) is 0 Å². The maximum atomic E-state index is 12.7. The van der Waals surface area contributed by atoms with Gasteiger partial charge in [0.25, 0.3) is 0 Å². The van der Waals surface area contributed by atoms with Crippen LogP contribution in [0.4, 0.5) is 0 Å². The minimum atomic E-state index is 0.216. The van der Waals surface area contributed by atoms with Crippen molar-refractivity contribution in [3.63, 3.8) is 0 Å². The molecule has 0 N–H and O–H groups in total. The number of hydrogen-bond acceptors (Lipinski definition) is 4. The zero-order chi connectivity index (χ0) is 18.5. The zero-order valence-corrected chi connectivity index (χ0v) is 16.0. The maximum absolute atomic E-state index is 12.7. The van der Waals surface area contributed by atoms with E-state index in [1.807, 2.05) is 29.3 Å². The van der Waals surface area contributed by atoms with E-state index in [0.717, 1.165) is 57.1 Å². The van der Waals surface area contributed by atoms with Gasteiger partial charge in [0, 0.05) is 19.5 Å². The lowest BCUT2D eigenvalue weighted by Crippen LogP contribution is -2.45. The molecule has 5 nitrogen and oxygen atoms in total. The summed E-state index contributed by atoms with van der Waals surface area (Å²) >= 11 is 0. The van der Waals surface area contributed by atoms with Crippen LogP contribution >= 0.6 is 0 Å². The fourth-order valence-electron chi connectivity index (χ4n) is 4.20. The van der Waals surface area contributed by atoms with Crippen LogP contribution in [0.3, 0.4) is 0 Å². The van der Waals surface area contributed by atoms with Crippen LogP contribution in [0.1, 0.15) is 55.2 Å². The zero-order valence-electron chi connectivity index (χ0n) is 16.0. The molecule has 5 heteroatoms. The number of likely N-dealkylation sites (tertiary alicyclic amines) is 2. The summed E-state index contributed by atoms with van der Waals surface area (Å²) in [4.78, 5) is 21.6. The number of benzene rings is 1. The number of oxazole rings is 1. The first-order valence-electron chi connectivity index (χ1n) is 10.3. The van der Waals surface area contributed by atoms with Crippen molar-refractivity contribution in [3.8, 4) is 0 Å². The number of hydrogen-bond donors (Lipinski definition) is 0. The molecule has 3 heterocycles. The Labute approximate surface area is 161 Å². The molecule has 0 unspecified atom stereocenters. The third-order valence-electron chi connectivity index (χ3n) is 5.72. The average Bonchev–Trinajstić information content (AvgIpc) is 3.18. The monoisotopic (exact) mass is 367 g/mol. The predicted molar refractivity (Wildman–Crippen MR) is 105 cm³/mol. The smallest absolute Gasteiger partial charge is 0.236 e. The first-order valence-corrected chi connectivity index (χ1v) is 10.3. The molecule has 0 saturated carbocycles. The van der Waals surface area contributed by atoms with Crippen molar-refractivity contribution >= 4 is 5.91 Å². The van der Waals surface area contributed by atoms with Gasteiger partial charge in [0.1, 0.15) is 5.76 Å². The Morgan fingerprint density at radius 1 is 1.07 bits per heavy atom. The van der Waals surface area contributed by atoms with E-state index < -0.39 is 0 Å². The maximum Gasteiger partial charge on any atom is 0.236 e. The molecule has 4 rings (SSSR count). The van der Waals surface area contributed by atoms with Gasteiger partial charge in [0.15, 0.2) is 5.89 Å². The van der Waals surface area contributed by atoms with Gasteiger partial charge in [-0.2, -0.15) is 0 Å². The predicted octanol–water partition coefficient (Wildman–Crippen LogP) is 3.46. The van der Waals surface area contributed by atoms with Crippen molar-refractivity contribution < 1.29 is 9.21 Å². The Balaban J connectivity index is 1.34. The van der Waals surface area contributed by atoms with Gasteiger partial charge in [0.05, 0.1) is 18.7 Å². The summed E-state index contributed by atoms with van der Waals surface area (Å²) in [6.45, 7) is 4.29. The summed E-state index contributed by atoms with van der Waals surface area (Å²) in [5.41, 5.74) is 1.22. The third-order valence-corrected chi connectivity index (χ3v) is 5.72. The second kappa shape index (κ2) is 8.70. The molecule has 144 valence electrons. The van der Waals surface area contributed by atoms with Crippen molar-refractivity contribution in [1.82, 2.24) is 14.8 Å². The second-order valence-corrected chi connectivity index (χ2v) is 7.84. The molecule has 1 aromatic heterocycles. The van der Waals surface area contributed by atoms with Crippen LogP contribution in [-0.4, -0.2) is 53.4 Å². The van der Waals surface area contributed by atoms with Gasteiger partial charge in [0.2, 0.25) is 5.91 Å². The largest absolute Gasteiger partial charge is 0.445 e. The molecular formula is C22H29N3O2. The summed E-state index contributed by atoms with van der Waals surface area (Å²) in [7, 11) is 0. The number of carbonyl (C=O) groups excluding carboxylic acids is 1. The molecule has 1 amide bonds. The van der Waals surface area contributed by atoms with E-state index in [2.05, 4.69) is 22.0 Å². The number of nitrogens with zero attached hydrogens (tertiary/aromatic N) is 3. The minimum Gasteiger partial charge on any atom is -0.445 e. The second-order valence-electron chi connectivity index (χ2n) is 7.84. The van der Waals surface area contributed by atoms with Gasteiger partial charge in [-0.25, -0.2) is 4.98 Å². The molecule has 1 aromatic carbocycles. The molecule has 0 bridgehead atoms. The molecule has 0 radical (unpaired) electrons. The van der Waals surface area contributed by atoms with Gasteiger partial charge in [-0.05, 0) is 44.3 Å². The van der Waals surface area contributed by atoms with Crippen LogP contribution in [-0.2, 0) is 11.2 Å². The molecule has 2 aliphatic rings. The molecule has 2 saturated heterocycles. The van der Waals surface area contributed by atoms with Crippen LogP contribution in [0.2, 0.25) is 0 Å². The summed E-state index contributed by atoms with van der Waals surface area (Å²) < 4.78 is 6.05. The molecule has 2 aromatic rings. The highest BCUT2D eigenvalue weighted by Gasteiger charge is 2.28. The van der Waals surface area contributed by atoms with E-state index >= 15 is 0 Å². The number of rotatable bonds is 5. The van der Waals surface area contributed by atoms with Crippen LogP contribution in [0.15, 0.2) is 40.9 Å². The summed E-state index contributed by atoms with van der Waals surface area (Å²) in [5, 5.41) is 0. The van der Waals surface area contributed by atoms with Crippen molar-refractivity contribution in [2.75, 3.05) is 32.7 Å².